The standard InChI is InChI=1S/C7H9OP/c1-3-7-4-5-9(2,8)6-7/h1,4H,5-6H2,2H3. The number of allylic oxidation sites excluding steroid dienone is 2. The molecular formula is C7H9OP. The van der Waals surface area contributed by atoms with Crippen molar-refractivity contribution in [2.24, 2.45) is 0 Å². The third-order valence-electron chi connectivity index (χ3n) is 1.41. The maximum atomic E-state index is 11.2. The van der Waals surface area contributed by atoms with Gasteiger partial charge in [-0.3, -0.25) is 0 Å². The van der Waals surface area contributed by atoms with Gasteiger partial charge >= 0.3 is 0 Å². The van der Waals surface area contributed by atoms with Crippen LogP contribution in [-0.2, 0) is 4.57 Å². The first kappa shape index (κ1) is 6.65. The van der Waals surface area contributed by atoms with E-state index in [0.717, 1.165) is 5.57 Å². The zero-order chi connectivity index (χ0) is 6.91. The van der Waals surface area contributed by atoms with Gasteiger partial charge in [0, 0.05) is 17.9 Å². The lowest BCUT2D eigenvalue weighted by molar-refractivity contribution is 0.583. The number of hydrogen-bond acceptors (Lipinski definition) is 1. The van der Waals surface area contributed by atoms with Crippen LogP contribution in [0.15, 0.2) is 11.6 Å². The Morgan fingerprint density at radius 1 is 1.89 bits per heavy atom. The van der Waals surface area contributed by atoms with Crippen molar-refractivity contribution in [1.82, 2.24) is 0 Å². The van der Waals surface area contributed by atoms with Crippen molar-refractivity contribution in [1.29, 1.82) is 0 Å². The summed E-state index contributed by atoms with van der Waals surface area (Å²) in [6.07, 6.45) is 8.36. The molecule has 0 aromatic heterocycles. The zero-order valence-electron chi connectivity index (χ0n) is 5.42. The lowest BCUT2D eigenvalue weighted by Crippen LogP contribution is -1.81. The lowest BCUT2D eigenvalue weighted by Gasteiger charge is -1.99. The van der Waals surface area contributed by atoms with Crippen LogP contribution in [0.25, 0.3) is 0 Å². The molecule has 1 aliphatic heterocycles. The lowest BCUT2D eigenvalue weighted by atomic mass is 10.3. The van der Waals surface area contributed by atoms with E-state index in [1.807, 2.05) is 6.08 Å². The molecule has 1 unspecified atom stereocenters. The molecule has 0 aliphatic carbocycles. The molecule has 9 heavy (non-hydrogen) atoms. The molecule has 1 aliphatic rings. The van der Waals surface area contributed by atoms with Gasteiger partial charge < -0.3 is 4.57 Å². The molecule has 0 amide bonds. The fourth-order valence-corrected chi connectivity index (χ4v) is 2.57. The molecule has 0 aromatic rings. The van der Waals surface area contributed by atoms with E-state index in [1.165, 1.54) is 0 Å². The van der Waals surface area contributed by atoms with Gasteiger partial charge in [0.15, 0.2) is 0 Å². The van der Waals surface area contributed by atoms with Crippen LogP contribution in [0, 0.1) is 12.3 Å². The monoisotopic (exact) mass is 140 g/mol. The maximum absolute atomic E-state index is 11.2. The molecule has 0 spiro atoms. The summed E-state index contributed by atoms with van der Waals surface area (Å²) >= 11 is 0. The van der Waals surface area contributed by atoms with Crippen molar-refractivity contribution < 1.29 is 4.57 Å². The number of rotatable bonds is 0. The predicted molar refractivity (Wildman–Crippen MR) is 40.2 cm³/mol. The SMILES string of the molecule is C#CC1=CCP(C)(=O)C1. The first-order valence-corrected chi connectivity index (χ1v) is 5.38. The van der Waals surface area contributed by atoms with E-state index in [1.54, 1.807) is 6.66 Å². The van der Waals surface area contributed by atoms with Gasteiger partial charge in [-0.05, 0) is 6.66 Å². The Balaban J connectivity index is 2.74. The van der Waals surface area contributed by atoms with E-state index in [9.17, 15) is 4.57 Å². The highest BCUT2D eigenvalue weighted by molar-refractivity contribution is 7.63. The molecular weight excluding hydrogens is 131 g/mol. The molecule has 0 aromatic carbocycles. The van der Waals surface area contributed by atoms with Crippen LogP contribution in [-0.4, -0.2) is 19.0 Å². The molecule has 0 saturated carbocycles. The van der Waals surface area contributed by atoms with E-state index >= 15 is 0 Å². The minimum Gasteiger partial charge on any atom is -0.323 e. The molecule has 1 rings (SSSR count). The van der Waals surface area contributed by atoms with Crippen molar-refractivity contribution in [2.45, 2.75) is 0 Å². The molecule has 1 atom stereocenters. The zero-order valence-corrected chi connectivity index (χ0v) is 6.32. The summed E-state index contributed by atoms with van der Waals surface area (Å²) in [5, 5.41) is 0. The summed E-state index contributed by atoms with van der Waals surface area (Å²) < 4.78 is 11.2. The minimum absolute atomic E-state index is 0.642. The van der Waals surface area contributed by atoms with E-state index < -0.39 is 7.14 Å². The van der Waals surface area contributed by atoms with Gasteiger partial charge in [0.1, 0.15) is 0 Å². The van der Waals surface area contributed by atoms with Crippen molar-refractivity contribution in [3.8, 4) is 12.3 Å². The molecule has 0 bridgehead atoms. The fraction of sp³-hybridized carbons (Fsp3) is 0.429. The second-order valence-electron chi connectivity index (χ2n) is 2.51. The van der Waals surface area contributed by atoms with Crippen molar-refractivity contribution >= 4 is 7.14 Å². The molecule has 0 fully saturated rings. The Labute approximate surface area is 55.5 Å². The van der Waals surface area contributed by atoms with E-state index in [-0.39, 0.29) is 0 Å². The van der Waals surface area contributed by atoms with Gasteiger partial charge in [-0.25, -0.2) is 0 Å². The molecule has 48 valence electrons. The summed E-state index contributed by atoms with van der Waals surface area (Å²) in [6.45, 7) is 1.80. The highest BCUT2D eigenvalue weighted by atomic mass is 31.2. The summed E-state index contributed by atoms with van der Waals surface area (Å²) in [5.41, 5.74) is 0.917. The van der Waals surface area contributed by atoms with E-state index in [4.69, 9.17) is 6.42 Å². The molecule has 0 radical (unpaired) electrons. The van der Waals surface area contributed by atoms with Crippen LogP contribution in [0.4, 0.5) is 0 Å². The first-order chi connectivity index (χ1) is 4.14. The molecule has 0 saturated heterocycles. The summed E-state index contributed by atoms with van der Waals surface area (Å²) in [6, 6.07) is 0. The van der Waals surface area contributed by atoms with Crippen molar-refractivity contribution in [3.63, 3.8) is 0 Å². The fourth-order valence-electron chi connectivity index (χ4n) is 0.897. The third-order valence-corrected chi connectivity index (χ3v) is 3.38. The van der Waals surface area contributed by atoms with Crippen LogP contribution in [0.5, 0.6) is 0 Å². The highest BCUT2D eigenvalue weighted by Crippen LogP contribution is 2.47. The van der Waals surface area contributed by atoms with Crippen LogP contribution in [0.3, 0.4) is 0 Å². The second kappa shape index (κ2) is 2.05. The van der Waals surface area contributed by atoms with Gasteiger partial charge in [-0.15, -0.1) is 6.42 Å². The Hall–Kier alpha value is -0.470. The maximum Gasteiger partial charge on any atom is 0.0932 e. The van der Waals surface area contributed by atoms with Gasteiger partial charge in [0.2, 0.25) is 0 Å². The summed E-state index contributed by atoms with van der Waals surface area (Å²) in [5.74, 6) is 2.51. The number of hydrogen-bond donors (Lipinski definition) is 0. The smallest absolute Gasteiger partial charge is 0.0932 e. The minimum atomic E-state index is -1.85. The Bertz CT molecular complexity index is 232. The Morgan fingerprint density at radius 3 is 2.78 bits per heavy atom. The largest absolute Gasteiger partial charge is 0.323 e. The van der Waals surface area contributed by atoms with Gasteiger partial charge in [-0.1, -0.05) is 12.0 Å². The van der Waals surface area contributed by atoms with Crippen molar-refractivity contribution in [3.05, 3.63) is 11.6 Å². The quantitative estimate of drug-likeness (QED) is 0.368. The number of terminal acetylenes is 1. The van der Waals surface area contributed by atoms with Gasteiger partial charge in [-0.2, -0.15) is 0 Å². The second-order valence-corrected chi connectivity index (χ2v) is 5.79. The van der Waals surface area contributed by atoms with Crippen LogP contribution >= 0.6 is 7.14 Å². The van der Waals surface area contributed by atoms with Crippen LogP contribution in [0.1, 0.15) is 0 Å². The normalized spacial score (nSPS) is 33.6. The molecule has 1 heterocycles. The Morgan fingerprint density at radius 2 is 2.56 bits per heavy atom. The Kier molecular flexibility index (Phi) is 1.51. The summed E-state index contributed by atoms with van der Waals surface area (Å²) in [7, 11) is -1.85. The molecule has 1 nitrogen and oxygen atoms in total. The highest BCUT2D eigenvalue weighted by Gasteiger charge is 2.20. The van der Waals surface area contributed by atoms with Gasteiger partial charge in [0.05, 0.1) is 7.14 Å². The van der Waals surface area contributed by atoms with E-state index in [0.29, 0.717) is 12.3 Å². The predicted octanol–water partition coefficient (Wildman–Crippen LogP) is 1.55. The topological polar surface area (TPSA) is 17.1 Å². The molecule has 0 N–H and O–H groups in total. The van der Waals surface area contributed by atoms with Gasteiger partial charge in [0.25, 0.3) is 0 Å². The summed E-state index contributed by atoms with van der Waals surface area (Å²) in [4.78, 5) is 0. The molecule has 2 heteroatoms. The van der Waals surface area contributed by atoms with Crippen molar-refractivity contribution in [2.75, 3.05) is 19.0 Å². The van der Waals surface area contributed by atoms with Crippen LogP contribution in [0.2, 0.25) is 0 Å². The average Bonchev–Trinajstić information content (AvgIpc) is 2.10. The first-order valence-electron chi connectivity index (χ1n) is 2.85. The van der Waals surface area contributed by atoms with Crippen LogP contribution < -0.4 is 0 Å². The average molecular weight is 140 g/mol. The van der Waals surface area contributed by atoms with E-state index in [2.05, 4.69) is 5.92 Å². The third kappa shape index (κ3) is 1.47.